The van der Waals surface area contributed by atoms with Gasteiger partial charge >= 0.3 is 0 Å². The number of carbonyl (C=O) groups excluding carboxylic acids is 1. The third-order valence-corrected chi connectivity index (χ3v) is 6.53. The molecule has 0 saturated heterocycles. The number of benzene rings is 1. The lowest BCUT2D eigenvalue weighted by Gasteiger charge is -2.35. The molecular weight excluding hydrogens is 503 g/mol. The molecule has 3 rings (SSSR count). The van der Waals surface area contributed by atoms with Crippen LogP contribution in [0.1, 0.15) is 69.4 Å². The molecular formula is C24H39IN4O2. The lowest BCUT2D eigenvalue weighted by molar-refractivity contribution is -0.131. The molecule has 1 aliphatic carbocycles. The predicted molar refractivity (Wildman–Crippen MR) is 137 cm³/mol. The van der Waals surface area contributed by atoms with Crippen molar-refractivity contribution in [2.24, 2.45) is 10.4 Å². The van der Waals surface area contributed by atoms with Gasteiger partial charge in [-0.2, -0.15) is 0 Å². The van der Waals surface area contributed by atoms with Crippen LogP contribution in [0.2, 0.25) is 0 Å². The Balaban J connectivity index is 0.00000341. The fraction of sp³-hybridized carbons (Fsp3) is 0.667. The second-order valence-corrected chi connectivity index (χ2v) is 8.78. The second kappa shape index (κ2) is 13.3. The van der Waals surface area contributed by atoms with E-state index in [-0.39, 0.29) is 41.9 Å². The molecule has 174 valence electrons. The Labute approximate surface area is 204 Å². The monoisotopic (exact) mass is 542 g/mol. The van der Waals surface area contributed by atoms with Crippen molar-refractivity contribution in [1.82, 2.24) is 15.5 Å². The minimum Gasteiger partial charge on any atom is -0.396 e. The molecule has 0 radical (unpaired) electrons. The van der Waals surface area contributed by atoms with Crippen molar-refractivity contribution in [3.63, 3.8) is 0 Å². The van der Waals surface area contributed by atoms with Crippen molar-refractivity contribution in [2.75, 3.05) is 26.2 Å². The van der Waals surface area contributed by atoms with Gasteiger partial charge in [0.25, 0.3) is 0 Å². The van der Waals surface area contributed by atoms with Crippen molar-refractivity contribution >= 4 is 35.8 Å². The van der Waals surface area contributed by atoms with Crippen LogP contribution in [0.3, 0.4) is 0 Å². The van der Waals surface area contributed by atoms with Crippen LogP contribution < -0.4 is 10.6 Å². The maximum Gasteiger partial charge on any atom is 0.223 e. The Morgan fingerprint density at radius 1 is 1.13 bits per heavy atom. The Kier molecular flexibility index (Phi) is 11.1. The molecule has 31 heavy (non-hydrogen) atoms. The van der Waals surface area contributed by atoms with Crippen molar-refractivity contribution < 1.29 is 9.90 Å². The van der Waals surface area contributed by atoms with E-state index >= 15 is 0 Å². The fourth-order valence-corrected chi connectivity index (χ4v) is 4.73. The number of aliphatic imine (C=N–C) groups is 1. The van der Waals surface area contributed by atoms with Gasteiger partial charge < -0.3 is 20.6 Å². The molecule has 1 fully saturated rings. The Hall–Kier alpha value is -1.35. The molecule has 1 aliphatic heterocycles. The molecule has 3 N–H and O–H groups in total. The lowest BCUT2D eigenvalue weighted by atomic mass is 9.72. The highest BCUT2D eigenvalue weighted by Gasteiger charge is 2.31. The first-order valence-corrected chi connectivity index (χ1v) is 11.6. The van der Waals surface area contributed by atoms with E-state index in [0.29, 0.717) is 6.42 Å². The van der Waals surface area contributed by atoms with Gasteiger partial charge in [0.15, 0.2) is 5.96 Å². The Morgan fingerprint density at radius 2 is 1.81 bits per heavy atom. The molecule has 0 aromatic heterocycles. The number of rotatable bonds is 9. The van der Waals surface area contributed by atoms with Gasteiger partial charge in [-0.05, 0) is 49.1 Å². The molecule has 1 aromatic carbocycles. The summed E-state index contributed by atoms with van der Waals surface area (Å²) in [4.78, 5) is 19.3. The van der Waals surface area contributed by atoms with Crippen molar-refractivity contribution in [1.29, 1.82) is 0 Å². The highest BCUT2D eigenvalue weighted by atomic mass is 127. The van der Waals surface area contributed by atoms with Crippen LogP contribution in [0.15, 0.2) is 29.3 Å². The number of nitrogens with zero attached hydrogens (tertiary/aromatic N) is 2. The summed E-state index contributed by atoms with van der Waals surface area (Å²) in [5.41, 5.74) is 2.69. The zero-order valence-corrected chi connectivity index (χ0v) is 21.2. The average Bonchev–Trinajstić information content (AvgIpc) is 3.20. The van der Waals surface area contributed by atoms with Crippen molar-refractivity contribution in [2.45, 2.75) is 71.4 Å². The molecule has 6 nitrogen and oxygen atoms in total. The molecule has 0 atom stereocenters. The average molecular weight is 543 g/mol. The van der Waals surface area contributed by atoms with Crippen LogP contribution in [0.25, 0.3) is 0 Å². The summed E-state index contributed by atoms with van der Waals surface area (Å²) in [7, 11) is 0. The zero-order chi connectivity index (χ0) is 21.2. The van der Waals surface area contributed by atoms with E-state index in [1.165, 1.54) is 30.4 Å². The summed E-state index contributed by atoms with van der Waals surface area (Å²) in [6.45, 7) is 6.07. The highest BCUT2D eigenvalue weighted by Crippen LogP contribution is 2.39. The number of fused-ring (bicyclic) bond motifs is 1. The van der Waals surface area contributed by atoms with E-state index in [4.69, 9.17) is 4.99 Å². The normalized spacial score (nSPS) is 17.6. The van der Waals surface area contributed by atoms with E-state index in [2.05, 4.69) is 29.7 Å². The number of carbonyl (C=O) groups is 1. The number of nitrogens with one attached hydrogen (secondary N) is 2. The number of halogens is 1. The summed E-state index contributed by atoms with van der Waals surface area (Å²) >= 11 is 0. The van der Waals surface area contributed by atoms with Crippen LogP contribution in [-0.2, 0) is 17.9 Å². The van der Waals surface area contributed by atoms with E-state index in [1.807, 2.05) is 17.0 Å². The summed E-state index contributed by atoms with van der Waals surface area (Å²) in [6, 6.07) is 8.30. The molecule has 0 unspecified atom stereocenters. The number of hydrogen-bond acceptors (Lipinski definition) is 3. The topological polar surface area (TPSA) is 77.0 Å². The van der Waals surface area contributed by atoms with Crippen LogP contribution in [0.4, 0.5) is 0 Å². The fourth-order valence-electron chi connectivity index (χ4n) is 4.73. The van der Waals surface area contributed by atoms with Crippen LogP contribution >= 0.6 is 24.0 Å². The summed E-state index contributed by atoms with van der Waals surface area (Å²) in [5.74, 6) is 1.04. The van der Waals surface area contributed by atoms with E-state index in [0.717, 1.165) is 64.4 Å². The lowest BCUT2D eigenvalue weighted by Crippen LogP contribution is -2.39. The molecule has 0 bridgehead atoms. The number of amides is 1. The number of aliphatic hydroxyl groups excluding tert-OH is 1. The van der Waals surface area contributed by atoms with Gasteiger partial charge in [0.2, 0.25) is 5.91 Å². The van der Waals surface area contributed by atoms with Gasteiger partial charge in [0, 0.05) is 45.8 Å². The van der Waals surface area contributed by atoms with Gasteiger partial charge in [-0.15, -0.1) is 24.0 Å². The standard InChI is InChI=1S/C24H38N4O2.HI/c1-2-25-23(27-19-24(14-16-29)12-6-3-7-13-24)26-15-8-11-22(30)28-17-20-9-4-5-10-21(20)18-28;/h4-5,9-10,29H,2-3,6-8,11-19H2,1H3,(H2,25,26,27);1H. The SMILES string of the molecule is CCNC(=NCC1(CCO)CCCCC1)NCCCC(=O)N1Cc2ccccc2C1.I. The maximum absolute atomic E-state index is 12.6. The minimum atomic E-state index is 0. The van der Waals surface area contributed by atoms with Crippen molar-refractivity contribution in [3.05, 3.63) is 35.4 Å². The van der Waals surface area contributed by atoms with Gasteiger partial charge in [0.1, 0.15) is 0 Å². The minimum absolute atomic E-state index is 0. The molecule has 2 aliphatic rings. The Morgan fingerprint density at radius 3 is 2.42 bits per heavy atom. The molecule has 1 saturated carbocycles. The molecule has 7 heteroatoms. The van der Waals surface area contributed by atoms with Crippen LogP contribution in [0.5, 0.6) is 0 Å². The molecule has 0 spiro atoms. The van der Waals surface area contributed by atoms with E-state index in [1.54, 1.807) is 0 Å². The zero-order valence-electron chi connectivity index (χ0n) is 18.9. The largest absolute Gasteiger partial charge is 0.396 e. The van der Waals surface area contributed by atoms with Crippen LogP contribution in [0, 0.1) is 5.41 Å². The first-order valence-electron chi connectivity index (χ1n) is 11.6. The van der Waals surface area contributed by atoms with Gasteiger partial charge in [0.05, 0.1) is 0 Å². The molecule has 1 aromatic rings. The smallest absolute Gasteiger partial charge is 0.223 e. The number of guanidine groups is 1. The number of aliphatic hydroxyl groups is 1. The summed E-state index contributed by atoms with van der Waals surface area (Å²) < 4.78 is 0. The summed E-state index contributed by atoms with van der Waals surface area (Å²) in [6.07, 6.45) is 8.26. The molecule has 1 heterocycles. The van der Waals surface area contributed by atoms with Crippen molar-refractivity contribution in [3.8, 4) is 0 Å². The highest BCUT2D eigenvalue weighted by molar-refractivity contribution is 14.0. The number of hydrogen-bond donors (Lipinski definition) is 3. The van der Waals surface area contributed by atoms with Gasteiger partial charge in [-0.25, -0.2) is 0 Å². The predicted octanol–water partition coefficient (Wildman–Crippen LogP) is 3.82. The Bertz CT molecular complexity index is 689. The first kappa shape index (κ1) is 25.9. The van der Waals surface area contributed by atoms with Crippen LogP contribution in [-0.4, -0.2) is 48.1 Å². The van der Waals surface area contributed by atoms with Gasteiger partial charge in [-0.3, -0.25) is 9.79 Å². The second-order valence-electron chi connectivity index (χ2n) is 8.78. The van der Waals surface area contributed by atoms with E-state index < -0.39 is 0 Å². The quantitative estimate of drug-likeness (QED) is 0.192. The third-order valence-electron chi connectivity index (χ3n) is 6.53. The van der Waals surface area contributed by atoms with E-state index in [9.17, 15) is 9.90 Å². The third kappa shape index (κ3) is 7.63. The first-order chi connectivity index (χ1) is 14.7. The molecule has 1 amide bonds. The van der Waals surface area contributed by atoms with Gasteiger partial charge in [-0.1, -0.05) is 43.5 Å². The summed E-state index contributed by atoms with van der Waals surface area (Å²) in [5, 5.41) is 16.2. The maximum atomic E-state index is 12.6.